The molecule has 9 heteroatoms. The number of imidazole rings is 1. The van der Waals surface area contributed by atoms with Crippen LogP contribution in [0.4, 0.5) is 0 Å². The minimum Gasteiger partial charge on any atom is -0.351 e. The number of carbonyl (C=O) groups excluding carboxylic acids is 1. The molecule has 0 unspecified atom stereocenters. The van der Waals surface area contributed by atoms with E-state index in [0.717, 1.165) is 24.9 Å². The van der Waals surface area contributed by atoms with Gasteiger partial charge in [-0.15, -0.1) is 0 Å². The predicted octanol–water partition coefficient (Wildman–Crippen LogP) is 2.49. The summed E-state index contributed by atoms with van der Waals surface area (Å²) in [7, 11) is -3.78. The van der Waals surface area contributed by atoms with E-state index in [1.54, 1.807) is 6.07 Å². The zero-order chi connectivity index (χ0) is 19.5. The Labute approximate surface area is 158 Å². The van der Waals surface area contributed by atoms with Gasteiger partial charge in [-0.3, -0.25) is 4.79 Å². The van der Waals surface area contributed by atoms with Gasteiger partial charge >= 0.3 is 0 Å². The van der Waals surface area contributed by atoms with Gasteiger partial charge in [-0.2, -0.15) is 0 Å². The van der Waals surface area contributed by atoms with Gasteiger partial charge in [-0.05, 0) is 44.9 Å². The number of thioether (sulfide) groups is 1. The second kappa shape index (κ2) is 7.98. The number of carbonyl (C=O) groups is 1. The highest BCUT2D eigenvalue weighted by Gasteiger charge is 2.19. The number of hydrogen-bond donors (Lipinski definition) is 2. The second-order valence-electron chi connectivity index (χ2n) is 6.82. The summed E-state index contributed by atoms with van der Waals surface area (Å²) >= 11 is 1.34. The standard InChI is InChI=1S/C17H26N4O3S2/c1-5-9-21-14-8-7-12(26(18,23)24)10-13(14)19-16(21)25-11-15(22)20-17(3,4)6-2/h7-8,10H,5-6,9,11H2,1-4H3,(H,20,22)(H2,18,23,24). The van der Waals surface area contributed by atoms with Crippen LogP contribution in [-0.2, 0) is 21.4 Å². The molecule has 0 radical (unpaired) electrons. The Hall–Kier alpha value is -1.58. The van der Waals surface area contributed by atoms with Gasteiger partial charge in [0.1, 0.15) is 0 Å². The lowest BCUT2D eigenvalue weighted by Gasteiger charge is -2.24. The van der Waals surface area contributed by atoms with Crippen LogP contribution in [0.3, 0.4) is 0 Å². The highest BCUT2D eigenvalue weighted by molar-refractivity contribution is 7.99. The lowest BCUT2D eigenvalue weighted by molar-refractivity contribution is -0.120. The fourth-order valence-corrected chi connectivity index (χ4v) is 3.82. The molecule has 1 heterocycles. The summed E-state index contributed by atoms with van der Waals surface area (Å²) in [5.74, 6) is 0.195. The van der Waals surface area contributed by atoms with E-state index >= 15 is 0 Å². The van der Waals surface area contributed by atoms with E-state index in [1.165, 1.54) is 23.9 Å². The zero-order valence-electron chi connectivity index (χ0n) is 15.6. The van der Waals surface area contributed by atoms with E-state index in [9.17, 15) is 13.2 Å². The fraction of sp³-hybridized carbons (Fsp3) is 0.529. The normalized spacial score (nSPS) is 12.5. The molecule has 0 aliphatic heterocycles. The lowest BCUT2D eigenvalue weighted by Crippen LogP contribution is -2.43. The molecular formula is C17H26N4O3S2. The minimum absolute atomic E-state index is 0.0325. The number of nitrogens with two attached hydrogens (primary N) is 1. The maximum atomic E-state index is 12.2. The highest BCUT2D eigenvalue weighted by Crippen LogP contribution is 2.26. The van der Waals surface area contributed by atoms with Crippen LogP contribution in [0, 0.1) is 0 Å². The Morgan fingerprint density at radius 3 is 2.62 bits per heavy atom. The van der Waals surface area contributed by atoms with Gasteiger partial charge < -0.3 is 9.88 Å². The maximum Gasteiger partial charge on any atom is 0.238 e. The number of benzene rings is 1. The largest absolute Gasteiger partial charge is 0.351 e. The predicted molar refractivity (Wildman–Crippen MR) is 105 cm³/mol. The third-order valence-corrected chi connectivity index (χ3v) is 6.04. The molecule has 0 spiro atoms. The number of hydrogen-bond acceptors (Lipinski definition) is 5. The van der Waals surface area contributed by atoms with Crippen molar-refractivity contribution in [2.45, 2.75) is 62.7 Å². The molecule has 2 aromatic rings. The van der Waals surface area contributed by atoms with Gasteiger partial charge in [-0.25, -0.2) is 18.5 Å². The van der Waals surface area contributed by atoms with Gasteiger partial charge in [0.25, 0.3) is 0 Å². The highest BCUT2D eigenvalue weighted by atomic mass is 32.2. The first-order valence-electron chi connectivity index (χ1n) is 8.54. The molecule has 0 aliphatic rings. The van der Waals surface area contributed by atoms with Crippen LogP contribution in [0.5, 0.6) is 0 Å². The number of aromatic nitrogens is 2. The molecule has 7 nitrogen and oxygen atoms in total. The number of nitrogens with one attached hydrogen (secondary N) is 1. The molecule has 0 aliphatic carbocycles. The summed E-state index contributed by atoms with van der Waals surface area (Å²) < 4.78 is 25.1. The van der Waals surface area contributed by atoms with E-state index in [1.807, 2.05) is 25.3 Å². The number of sulfonamides is 1. The van der Waals surface area contributed by atoms with Crippen molar-refractivity contribution in [3.05, 3.63) is 18.2 Å². The third-order valence-electron chi connectivity index (χ3n) is 4.15. The van der Waals surface area contributed by atoms with Crippen molar-refractivity contribution in [3.8, 4) is 0 Å². The van der Waals surface area contributed by atoms with E-state index in [2.05, 4.69) is 17.2 Å². The van der Waals surface area contributed by atoms with E-state index in [-0.39, 0.29) is 22.1 Å². The molecule has 1 amide bonds. The van der Waals surface area contributed by atoms with Crippen molar-refractivity contribution in [1.29, 1.82) is 0 Å². The summed E-state index contributed by atoms with van der Waals surface area (Å²) in [6, 6.07) is 4.67. The van der Waals surface area contributed by atoms with Gasteiger partial charge in [0, 0.05) is 12.1 Å². The Kier molecular flexibility index (Phi) is 6.36. The number of primary sulfonamides is 1. The summed E-state index contributed by atoms with van der Waals surface area (Å²) in [5.41, 5.74) is 1.14. The van der Waals surface area contributed by atoms with Crippen LogP contribution in [0.1, 0.15) is 40.5 Å². The van der Waals surface area contributed by atoms with E-state index in [0.29, 0.717) is 10.7 Å². The number of amides is 1. The van der Waals surface area contributed by atoms with E-state index in [4.69, 9.17) is 5.14 Å². The maximum absolute atomic E-state index is 12.2. The lowest BCUT2D eigenvalue weighted by atomic mass is 10.0. The first kappa shape index (κ1) is 20.7. The second-order valence-corrected chi connectivity index (χ2v) is 9.32. The van der Waals surface area contributed by atoms with Crippen LogP contribution >= 0.6 is 11.8 Å². The van der Waals surface area contributed by atoms with Gasteiger partial charge in [0.2, 0.25) is 15.9 Å². The molecule has 0 saturated heterocycles. The van der Waals surface area contributed by atoms with Gasteiger partial charge in [-0.1, -0.05) is 25.6 Å². The zero-order valence-corrected chi connectivity index (χ0v) is 17.2. The number of rotatable bonds is 8. The molecule has 1 aromatic heterocycles. The van der Waals surface area contributed by atoms with Crippen LogP contribution in [0.15, 0.2) is 28.3 Å². The van der Waals surface area contributed by atoms with Crippen molar-refractivity contribution in [2.24, 2.45) is 5.14 Å². The smallest absolute Gasteiger partial charge is 0.238 e. The van der Waals surface area contributed by atoms with Gasteiger partial charge in [0.15, 0.2) is 5.16 Å². The molecule has 3 N–H and O–H groups in total. The molecule has 26 heavy (non-hydrogen) atoms. The molecule has 0 atom stereocenters. The molecule has 2 rings (SSSR count). The first-order chi connectivity index (χ1) is 12.1. The Morgan fingerprint density at radius 2 is 2.04 bits per heavy atom. The van der Waals surface area contributed by atoms with Crippen LogP contribution in [0.25, 0.3) is 11.0 Å². The summed E-state index contributed by atoms with van der Waals surface area (Å²) in [4.78, 5) is 16.7. The Morgan fingerprint density at radius 1 is 1.35 bits per heavy atom. The Bertz CT molecular complexity index is 904. The molecule has 1 aromatic carbocycles. The fourth-order valence-electron chi connectivity index (χ4n) is 2.45. The number of nitrogens with zero attached hydrogens (tertiary/aromatic N) is 2. The molecular weight excluding hydrogens is 372 g/mol. The summed E-state index contributed by atoms with van der Waals surface area (Å²) in [6.45, 7) is 8.77. The van der Waals surface area contributed by atoms with E-state index < -0.39 is 10.0 Å². The van der Waals surface area contributed by atoms with Gasteiger partial charge in [0.05, 0.1) is 21.7 Å². The van der Waals surface area contributed by atoms with Crippen molar-refractivity contribution in [2.75, 3.05) is 5.75 Å². The average Bonchev–Trinajstić information content (AvgIpc) is 2.89. The molecule has 144 valence electrons. The molecule has 0 bridgehead atoms. The molecule has 0 fully saturated rings. The average molecular weight is 399 g/mol. The number of aryl methyl sites for hydroxylation is 1. The van der Waals surface area contributed by atoms with Crippen LogP contribution < -0.4 is 10.5 Å². The summed E-state index contributed by atoms with van der Waals surface area (Å²) in [5, 5.41) is 8.89. The first-order valence-corrected chi connectivity index (χ1v) is 11.1. The SMILES string of the molecule is CCCn1c(SCC(=O)NC(C)(C)CC)nc2cc(S(N)(=O)=O)ccc21. The number of fused-ring (bicyclic) bond motifs is 1. The van der Waals surface area contributed by atoms with Crippen molar-refractivity contribution < 1.29 is 13.2 Å². The third kappa shape index (κ3) is 4.99. The minimum atomic E-state index is -3.78. The van der Waals surface area contributed by atoms with Crippen LogP contribution in [0.2, 0.25) is 0 Å². The van der Waals surface area contributed by atoms with Crippen LogP contribution in [-0.4, -0.2) is 35.2 Å². The quantitative estimate of drug-likeness (QED) is 0.664. The van der Waals surface area contributed by atoms with Crippen molar-refractivity contribution in [3.63, 3.8) is 0 Å². The topological polar surface area (TPSA) is 107 Å². The Balaban J connectivity index is 2.28. The monoisotopic (exact) mass is 398 g/mol. The summed E-state index contributed by atoms with van der Waals surface area (Å²) in [6.07, 6.45) is 1.74. The van der Waals surface area contributed by atoms with Crippen molar-refractivity contribution >= 4 is 38.7 Å². The van der Waals surface area contributed by atoms with Crippen molar-refractivity contribution in [1.82, 2.24) is 14.9 Å². The molecule has 0 saturated carbocycles.